The van der Waals surface area contributed by atoms with Crippen LogP contribution in [0.25, 0.3) is 0 Å². The zero-order valence-electron chi connectivity index (χ0n) is 19.4. The van der Waals surface area contributed by atoms with Crippen LogP contribution in [0, 0.1) is 19.7 Å². The Morgan fingerprint density at radius 1 is 1.16 bits per heavy atom. The van der Waals surface area contributed by atoms with Crippen LogP contribution < -0.4 is 0 Å². The minimum absolute atomic E-state index is 0.169. The minimum atomic E-state index is -0.523. The molecular formula is C24H31FN2O5. The number of esters is 1. The molecule has 1 heterocycles. The van der Waals surface area contributed by atoms with Crippen LogP contribution in [0.5, 0.6) is 0 Å². The number of carbonyl (C=O) groups excluding carboxylic acids is 3. The Morgan fingerprint density at radius 3 is 2.47 bits per heavy atom. The van der Waals surface area contributed by atoms with Gasteiger partial charge in [0, 0.05) is 43.6 Å². The molecule has 0 aliphatic heterocycles. The van der Waals surface area contributed by atoms with E-state index in [1.807, 2.05) is 6.92 Å². The first-order chi connectivity index (χ1) is 15.3. The second-order valence-corrected chi connectivity index (χ2v) is 7.41. The van der Waals surface area contributed by atoms with Crippen LogP contribution in [0.4, 0.5) is 4.39 Å². The Morgan fingerprint density at radius 2 is 1.88 bits per heavy atom. The number of ether oxygens (including phenoxy) is 2. The summed E-state index contributed by atoms with van der Waals surface area (Å²) in [6.07, 6.45) is 0.521. The van der Waals surface area contributed by atoms with Crippen molar-refractivity contribution in [2.45, 2.75) is 40.7 Å². The topological polar surface area (TPSA) is 77.8 Å². The molecule has 0 aliphatic rings. The van der Waals surface area contributed by atoms with Crippen LogP contribution >= 0.6 is 0 Å². The van der Waals surface area contributed by atoms with Crippen molar-refractivity contribution in [1.82, 2.24) is 9.47 Å². The van der Waals surface area contributed by atoms with E-state index in [9.17, 15) is 18.8 Å². The summed E-state index contributed by atoms with van der Waals surface area (Å²) in [5.74, 6) is -1.74. The van der Waals surface area contributed by atoms with Crippen LogP contribution in [0.1, 0.15) is 62.7 Å². The summed E-state index contributed by atoms with van der Waals surface area (Å²) in [7, 11) is 1.56. The average molecular weight is 447 g/mol. The molecule has 0 aliphatic carbocycles. The maximum atomic E-state index is 13.7. The lowest BCUT2D eigenvalue weighted by Gasteiger charge is -2.22. The number of carbonyl (C=O) groups is 3. The third-order valence-corrected chi connectivity index (χ3v) is 5.30. The van der Waals surface area contributed by atoms with Crippen molar-refractivity contribution in [2.24, 2.45) is 0 Å². The highest BCUT2D eigenvalue weighted by Crippen LogP contribution is 2.24. The van der Waals surface area contributed by atoms with Crippen molar-refractivity contribution in [1.29, 1.82) is 0 Å². The summed E-state index contributed by atoms with van der Waals surface area (Å²) in [5.41, 5.74) is 2.09. The molecule has 1 aromatic heterocycles. The van der Waals surface area contributed by atoms with Crippen molar-refractivity contribution in [2.75, 3.05) is 33.4 Å². The number of ketones is 1. The van der Waals surface area contributed by atoms with Crippen molar-refractivity contribution < 1.29 is 28.2 Å². The second-order valence-electron chi connectivity index (χ2n) is 7.41. The highest BCUT2D eigenvalue weighted by atomic mass is 19.1. The first kappa shape index (κ1) is 25.3. The van der Waals surface area contributed by atoms with Crippen molar-refractivity contribution in [3.63, 3.8) is 0 Å². The molecule has 0 saturated heterocycles. The minimum Gasteiger partial charge on any atom is -0.461 e. The fourth-order valence-electron chi connectivity index (χ4n) is 3.87. The van der Waals surface area contributed by atoms with Gasteiger partial charge < -0.3 is 18.9 Å². The smallest absolute Gasteiger partial charge is 0.355 e. The molecule has 8 heteroatoms. The van der Waals surface area contributed by atoms with E-state index in [1.165, 1.54) is 23.1 Å². The third kappa shape index (κ3) is 5.62. The highest BCUT2D eigenvalue weighted by Gasteiger charge is 2.28. The molecular weight excluding hydrogens is 415 g/mol. The third-order valence-electron chi connectivity index (χ3n) is 5.30. The maximum Gasteiger partial charge on any atom is 0.355 e. The normalized spacial score (nSPS) is 10.8. The number of methoxy groups -OCH3 is 1. The van der Waals surface area contributed by atoms with Gasteiger partial charge in [0.1, 0.15) is 11.5 Å². The van der Waals surface area contributed by atoms with E-state index >= 15 is 0 Å². The molecule has 0 unspecified atom stereocenters. The maximum absolute atomic E-state index is 13.7. The Bertz CT molecular complexity index is 983. The molecule has 0 fully saturated rings. The van der Waals surface area contributed by atoms with E-state index in [-0.39, 0.29) is 31.0 Å². The molecule has 7 nitrogen and oxygen atoms in total. The van der Waals surface area contributed by atoms with Gasteiger partial charge in [-0.15, -0.1) is 0 Å². The molecule has 0 saturated carbocycles. The Balaban J connectivity index is 2.38. The summed E-state index contributed by atoms with van der Waals surface area (Å²) in [6.45, 7) is 8.30. The largest absolute Gasteiger partial charge is 0.461 e. The summed E-state index contributed by atoms with van der Waals surface area (Å²) in [4.78, 5) is 40.2. The molecule has 2 rings (SSSR count). The molecule has 0 spiro atoms. The Kier molecular flexibility index (Phi) is 9.13. The number of amides is 1. The van der Waals surface area contributed by atoms with Gasteiger partial charge in [0.25, 0.3) is 5.91 Å². The lowest BCUT2D eigenvalue weighted by Crippen LogP contribution is -2.37. The monoisotopic (exact) mass is 446 g/mol. The molecule has 0 atom stereocenters. The number of halogens is 1. The molecule has 174 valence electrons. The van der Waals surface area contributed by atoms with Crippen LogP contribution in [0.15, 0.2) is 24.3 Å². The Hall–Kier alpha value is -3.00. The zero-order chi connectivity index (χ0) is 23.8. The van der Waals surface area contributed by atoms with Gasteiger partial charge in [0.05, 0.1) is 13.2 Å². The number of benzene rings is 1. The van der Waals surface area contributed by atoms with Crippen LogP contribution in [0.2, 0.25) is 0 Å². The van der Waals surface area contributed by atoms with E-state index in [0.29, 0.717) is 42.1 Å². The molecule has 32 heavy (non-hydrogen) atoms. The number of aromatic nitrogens is 1. The molecule has 1 aromatic carbocycles. The highest BCUT2D eigenvalue weighted by molar-refractivity contribution is 6.06. The van der Waals surface area contributed by atoms with Crippen molar-refractivity contribution in [3.05, 3.63) is 58.2 Å². The van der Waals surface area contributed by atoms with Gasteiger partial charge >= 0.3 is 5.97 Å². The van der Waals surface area contributed by atoms with Gasteiger partial charge in [0.15, 0.2) is 5.78 Å². The van der Waals surface area contributed by atoms with Crippen molar-refractivity contribution in [3.8, 4) is 0 Å². The number of Topliss-reactive ketones (excluding diaryl/α,β-unsaturated/α-hetero) is 1. The summed E-state index contributed by atoms with van der Waals surface area (Å²) in [6, 6.07) is 5.38. The van der Waals surface area contributed by atoms with Crippen molar-refractivity contribution >= 4 is 17.7 Å². The van der Waals surface area contributed by atoms with Crippen LogP contribution in [-0.4, -0.2) is 60.5 Å². The predicted octanol–water partition coefficient (Wildman–Crippen LogP) is 3.80. The van der Waals surface area contributed by atoms with E-state index in [0.717, 1.165) is 6.07 Å². The SMILES string of the molecule is CCOC(=O)c1c(C)c(C(=O)CN(CCCOC)C(=O)c2cccc(F)c2)c(C)n1CC. The fraction of sp³-hybridized carbons (Fsp3) is 0.458. The molecule has 0 N–H and O–H groups in total. The van der Waals surface area contributed by atoms with Gasteiger partial charge in [-0.2, -0.15) is 0 Å². The summed E-state index contributed by atoms with van der Waals surface area (Å²) >= 11 is 0. The lowest BCUT2D eigenvalue weighted by atomic mass is 10.0. The molecule has 0 radical (unpaired) electrons. The van der Waals surface area contributed by atoms with Crippen LogP contribution in [-0.2, 0) is 16.0 Å². The van der Waals surface area contributed by atoms with Gasteiger partial charge in [-0.3, -0.25) is 9.59 Å². The second kappa shape index (κ2) is 11.6. The van der Waals surface area contributed by atoms with Gasteiger partial charge in [-0.1, -0.05) is 6.07 Å². The van der Waals surface area contributed by atoms with Gasteiger partial charge in [-0.25, -0.2) is 9.18 Å². The number of rotatable bonds is 11. The van der Waals surface area contributed by atoms with E-state index < -0.39 is 17.7 Å². The standard InChI is InChI=1S/C24H31FN2O5/c1-6-27-17(4)21(16(3)22(27)24(30)32-7-2)20(28)15-26(12-9-13-31-5)23(29)18-10-8-11-19(25)14-18/h8,10-11,14H,6-7,9,12-13,15H2,1-5H3. The number of hydrogen-bond acceptors (Lipinski definition) is 5. The zero-order valence-corrected chi connectivity index (χ0v) is 19.4. The summed E-state index contributed by atoms with van der Waals surface area (Å²) < 4.78 is 25.6. The lowest BCUT2D eigenvalue weighted by molar-refractivity contribution is 0.0512. The molecule has 1 amide bonds. The predicted molar refractivity (Wildman–Crippen MR) is 119 cm³/mol. The van der Waals surface area contributed by atoms with E-state index in [4.69, 9.17) is 9.47 Å². The van der Waals surface area contributed by atoms with Gasteiger partial charge in [-0.05, 0) is 57.9 Å². The number of nitrogens with zero attached hydrogens (tertiary/aromatic N) is 2. The summed E-state index contributed by atoms with van der Waals surface area (Å²) in [5, 5.41) is 0. The van der Waals surface area contributed by atoms with E-state index in [2.05, 4.69) is 0 Å². The Labute approximate surface area is 188 Å². The fourth-order valence-corrected chi connectivity index (χ4v) is 3.87. The number of hydrogen-bond donors (Lipinski definition) is 0. The van der Waals surface area contributed by atoms with Gasteiger partial charge in [0.2, 0.25) is 0 Å². The first-order valence-electron chi connectivity index (χ1n) is 10.7. The average Bonchev–Trinajstić information content (AvgIpc) is 3.02. The van der Waals surface area contributed by atoms with Crippen LogP contribution in [0.3, 0.4) is 0 Å². The molecule has 0 bridgehead atoms. The van der Waals surface area contributed by atoms with E-state index in [1.54, 1.807) is 32.4 Å². The quantitative estimate of drug-likeness (QED) is 0.298. The molecule has 2 aromatic rings. The first-order valence-corrected chi connectivity index (χ1v) is 10.7.